The van der Waals surface area contributed by atoms with Crippen molar-refractivity contribution in [1.29, 1.82) is 0 Å². The molecule has 3 rings (SSSR count). The number of methoxy groups -OCH3 is 1. The molecule has 0 radical (unpaired) electrons. The Kier molecular flexibility index (Phi) is 4.14. The molecule has 0 bridgehead atoms. The van der Waals surface area contributed by atoms with Gasteiger partial charge in [0, 0.05) is 0 Å². The molecule has 0 aliphatic carbocycles. The summed E-state index contributed by atoms with van der Waals surface area (Å²) < 4.78 is 16.6. The van der Waals surface area contributed by atoms with Crippen LogP contribution in [0.15, 0.2) is 57.7 Å². The molecule has 0 spiro atoms. The highest BCUT2D eigenvalue weighted by atomic mass is 16.6. The van der Waals surface area contributed by atoms with E-state index in [1.807, 2.05) is 49.4 Å². The van der Waals surface area contributed by atoms with Crippen molar-refractivity contribution in [2.45, 2.75) is 13.5 Å². The number of hydrogen-bond acceptors (Lipinski definition) is 5. The van der Waals surface area contributed by atoms with Crippen LogP contribution < -0.4 is 15.2 Å². The molecule has 2 aromatic carbocycles. The minimum atomic E-state index is -0.599. The number of benzene rings is 2. The van der Waals surface area contributed by atoms with Crippen LogP contribution >= 0.6 is 0 Å². The van der Waals surface area contributed by atoms with Gasteiger partial charge in [0.25, 0.3) is 0 Å². The number of hydrogen-bond donors (Lipinski definition) is 0. The summed E-state index contributed by atoms with van der Waals surface area (Å²) in [5.74, 6) is 0.203. The van der Waals surface area contributed by atoms with Gasteiger partial charge in [0.05, 0.1) is 12.8 Å². The molecule has 0 aliphatic rings. The van der Waals surface area contributed by atoms with Crippen LogP contribution in [0.5, 0.6) is 11.8 Å². The largest absolute Gasteiger partial charge is 0.489 e. The van der Waals surface area contributed by atoms with E-state index in [2.05, 4.69) is 5.10 Å². The third-order valence-electron chi connectivity index (χ3n) is 3.25. The molecule has 3 aromatic rings. The fourth-order valence-corrected chi connectivity index (χ4v) is 2.16. The van der Waals surface area contributed by atoms with Crippen LogP contribution in [0.3, 0.4) is 0 Å². The van der Waals surface area contributed by atoms with E-state index in [0.29, 0.717) is 12.3 Å². The van der Waals surface area contributed by atoms with Gasteiger partial charge in [0.1, 0.15) is 12.4 Å². The lowest BCUT2D eigenvalue weighted by Crippen LogP contribution is -2.13. The van der Waals surface area contributed by atoms with Gasteiger partial charge >= 0.3 is 11.8 Å². The highest BCUT2D eigenvalue weighted by molar-refractivity contribution is 5.35. The molecule has 0 aliphatic heterocycles. The molecule has 0 amide bonds. The summed E-state index contributed by atoms with van der Waals surface area (Å²) in [6.07, 6.45) is -0.0728. The zero-order chi connectivity index (χ0) is 16.2. The Morgan fingerprint density at radius 3 is 2.74 bits per heavy atom. The second-order valence-corrected chi connectivity index (χ2v) is 5.02. The molecule has 1 aromatic heterocycles. The van der Waals surface area contributed by atoms with Gasteiger partial charge in [-0.1, -0.05) is 29.4 Å². The van der Waals surface area contributed by atoms with Crippen LogP contribution in [0.4, 0.5) is 0 Å². The Morgan fingerprint density at radius 1 is 1.17 bits per heavy atom. The molecule has 0 fully saturated rings. The summed E-state index contributed by atoms with van der Waals surface area (Å²) >= 11 is 0. The molecule has 0 atom stereocenters. The van der Waals surface area contributed by atoms with Crippen LogP contribution in [0.25, 0.3) is 5.69 Å². The van der Waals surface area contributed by atoms with E-state index in [1.165, 1.54) is 7.11 Å². The maximum Gasteiger partial charge on any atom is 0.444 e. The lowest BCUT2D eigenvalue weighted by atomic mass is 10.2. The van der Waals surface area contributed by atoms with Gasteiger partial charge in [-0.15, -0.1) is 0 Å². The van der Waals surface area contributed by atoms with Gasteiger partial charge in [0.2, 0.25) is 0 Å². The molecule has 23 heavy (non-hydrogen) atoms. The smallest absolute Gasteiger partial charge is 0.444 e. The Bertz CT molecular complexity index is 867. The fourth-order valence-electron chi connectivity index (χ4n) is 2.16. The van der Waals surface area contributed by atoms with Crippen LogP contribution in [-0.2, 0) is 6.61 Å². The summed E-state index contributed by atoms with van der Waals surface area (Å²) in [5, 5.41) is 3.94. The number of rotatable bonds is 5. The highest BCUT2D eigenvalue weighted by Gasteiger charge is 2.10. The van der Waals surface area contributed by atoms with Crippen molar-refractivity contribution in [3.05, 3.63) is 70.2 Å². The minimum absolute atomic E-state index is 0.0728. The van der Waals surface area contributed by atoms with E-state index in [-0.39, 0.29) is 6.08 Å². The molecule has 0 saturated carbocycles. The van der Waals surface area contributed by atoms with Crippen molar-refractivity contribution in [1.82, 2.24) is 9.78 Å². The Labute approximate surface area is 132 Å². The Morgan fingerprint density at radius 2 is 2.00 bits per heavy atom. The third-order valence-corrected chi connectivity index (χ3v) is 3.25. The molecule has 1 heterocycles. The average Bonchev–Trinajstić information content (AvgIpc) is 2.94. The molecule has 118 valence electrons. The van der Waals surface area contributed by atoms with E-state index in [4.69, 9.17) is 13.9 Å². The average molecular weight is 312 g/mol. The Balaban J connectivity index is 1.79. The lowest BCUT2D eigenvalue weighted by Gasteiger charge is -2.08. The van der Waals surface area contributed by atoms with Gasteiger partial charge in [0.15, 0.2) is 0 Å². The summed E-state index contributed by atoms with van der Waals surface area (Å²) in [6.45, 7) is 2.40. The lowest BCUT2D eigenvalue weighted by molar-refractivity contribution is 0.282. The van der Waals surface area contributed by atoms with E-state index < -0.39 is 5.76 Å². The van der Waals surface area contributed by atoms with E-state index in [9.17, 15) is 4.79 Å². The summed E-state index contributed by atoms with van der Waals surface area (Å²) in [6, 6.07) is 15.2. The number of aryl methyl sites for hydroxylation is 1. The van der Waals surface area contributed by atoms with Crippen molar-refractivity contribution in [2.24, 2.45) is 0 Å². The van der Waals surface area contributed by atoms with E-state index in [0.717, 1.165) is 21.6 Å². The first-order valence-corrected chi connectivity index (χ1v) is 7.08. The van der Waals surface area contributed by atoms with Gasteiger partial charge < -0.3 is 13.9 Å². The molecule has 0 unspecified atom stereocenters. The molecule has 6 heteroatoms. The first-order valence-electron chi connectivity index (χ1n) is 7.08. The van der Waals surface area contributed by atoms with Gasteiger partial charge in [-0.2, -0.15) is 4.68 Å². The number of aromatic nitrogens is 2. The van der Waals surface area contributed by atoms with Crippen molar-refractivity contribution in [3.8, 4) is 17.5 Å². The van der Waals surface area contributed by atoms with Gasteiger partial charge in [-0.25, -0.2) is 4.79 Å². The quantitative estimate of drug-likeness (QED) is 0.724. The summed E-state index contributed by atoms with van der Waals surface area (Å²) in [7, 11) is 1.39. The van der Waals surface area contributed by atoms with Gasteiger partial charge in [-0.3, -0.25) is 0 Å². The van der Waals surface area contributed by atoms with Crippen LogP contribution in [0.1, 0.15) is 11.1 Å². The zero-order valence-electron chi connectivity index (χ0n) is 12.9. The molecule has 6 nitrogen and oxygen atoms in total. The SMILES string of the molecule is COc1nn(-c2cccc(COc3cccc(C)c3)c2)c(=O)o1. The van der Waals surface area contributed by atoms with E-state index >= 15 is 0 Å². The fraction of sp³-hybridized carbons (Fsp3) is 0.176. The van der Waals surface area contributed by atoms with Crippen molar-refractivity contribution >= 4 is 0 Å². The Hall–Kier alpha value is -3.02. The third kappa shape index (κ3) is 3.42. The first-order chi connectivity index (χ1) is 11.2. The predicted octanol–water partition coefficient (Wildman–Crippen LogP) is 2.72. The molecular weight excluding hydrogens is 296 g/mol. The number of nitrogens with zero attached hydrogens (tertiary/aromatic N) is 2. The van der Waals surface area contributed by atoms with Crippen molar-refractivity contribution in [2.75, 3.05) is 7.11 Å². The van der Waals surface area contributed by atoms with Crippen molar-refractivity contribution < 1.29 is 13.9 Å². The first kappa shape index (κ1) is 14.9. The maximum atomic E-state index is 11.8. The second-order valence-electron chi connectivity index (χ2n) is 5.02. The van der Waals surface area contributed by atoms with E-state index in [1.54, 1.807) is 6.07 Å². The maximum absolute atomic E-state index is 11.8. The monoisotopic (exact) mass is 312 g/mol. The molecular formula is C17H16N2O4. The minimum Gasteiger partial charge on any atom is -0.489 e. The zero-order valence-corrected chi connectivity index (χ0v) is 12.9. The standard InChI is InChI=1S/C17H16N2O4/c1-12-5-3-8-15(9-12)22-11-13-6-4-7-14(10-13)19-17(20)23-16(18-19)21-2/h3-10H,11H2,1-2H3. The molecule has 0 saturated heterocycles. The van der Waals surface area contributed by atoms with Crippen LogP contribution in [0.2, 0.25) is 0 Å². The second kappa shape index (κ2) is 6.39. The van der Waals surface area contributed by atoms with Gasteiger partial charge in [-0.05, 0) is 42.3 Å². The molecule has 0 N–H and O–H groups in total. The van der Waals surface area contributed by atoms with Crippen LogP contribution in [-0.4, -0.2) is 16.9 Å². The topological polar surface area (TPSA) is 66.5 Å². The summed E-state index contributed by atoms with van der Waals surface area (Å²) in [5.41, 5.74) is 2.64. The predicted molar refractivity (Wildman–Crippen MR) is 84.2 cm³/mol. The number of ether oxygens (including phenoxy) is 2. The summed E-state index contributed by atoms with van der Waals surface area (Å²) in [4.78, 5) is 11.8. The van der Waals surface area contributed by atoms with Crippen LogP contribution in [0, 0.1) is 6.92 Å². The normalized spacial score (nSPS) is 10.5. The highest BCUT2D eigenvalue weighted by Crippen LogP contribution is 2.16. The van der Waals surface area contributed by atoms with Crippen molar-refractivity contribution in [3.63, 3.8) is 0 Å².